The average molecular weight is 461 g/mol. The van der Waals surface area contributed by atoms with E-state index in [4.69, 9.17) is 4.74 Å². The first-order chi connectivity index (χ1) is 15.2. The van der Waals surface area contributed by atoms with Crippen molar-refractivity contribution in [1.29, 1.82) is 0 Å². The number of hydrogen-bond donors (Lipinski definition) is 1. The van der Waals surface area contributed by atoms with Gasteiger partial charge in [0.15, 0.2) is 6.10 Å². The normalized spacial score (nSPS) is 15.5. The van der Waals surface area contributed by atoms with Crippen molar-refractivity contribution in [2.24, 2.45) is 0 Å². The first-order valence-corrected chi connectivity index (χ1v) is 11.5. The predicted molar refractivity (Wildman–Crippen MR) is 116 cm³/mol. The van der Waals surface area contributed by atoms with Crippen LogP contribution in [0, 0.1) is 10.1 Å². The van der Waals surface area contributed by atoms with Crippen molar-refractivity contribution < 1.29 is 27.7 Å². The van der Waals surface area contributed by atoms with Crippen LogP contribution in [0.1, 0.15) is 36.5 Å². The molecule has 0 aliphatic carbocycles. The van der Waals surface area contributed by atoms with Crippen molar-refractivity contribution >= 4 is 33.3 Å². The zero-order valence-corrected chi connectivity index (χ0v) is 18.2. The number of piperidine rings is 1. The van der Waals surface area contributed by atoms with Crippen molar-refractivity contribution in [1.82, 2.24) is 4.31 Å². The Hall–Kier alpha value is -3.31. The molecule has 2 aromatic carbocycles. The fourth-order valence-electron chi connectivity index (χ4n) is 3.21. The van der Waals surface area contributed by atoms with E-state index >= 15 is 0 Å². The quantitative estimate of drug-likeness (QED) is 0.380. The summed E-state index contributed by atoms with van der Waals surface area (Å²) in [6.07, 6.45) is 1.55. The van der Waals surface area contributed by atoms with Gasteiger partial charge in [0.2, 0.25) is 10.0 Å². The van der Waals surface area contributed by atoms with Gasteiger partial charge in [0, 0.05) is 30.9 Å². The van der Waals surface area contributed by atoms with E-state index in [1.165, 1.54) is 59.8 Å². The molecular weight excluding hydrogens is 438 g/mol. The molecule has 10 nitrogen and oxygen atoms in total. The number of hydrogen-bond acceptors (Lipinski definition) is 7. The van der Waals surface area contributed by atoms with Crippen LogP contribution in [0.2, 0.25) is 0 Å². The second kappa shape index (κ2) is 9.88. The highest BCUT2D eigenvalue weighted by atomic mass is 32.2. The highest BCUT2D eigenvalue weighted by Gasteiger charge is 2.26. The lowest BCUT2D eigenvalue weighted by Crippen LogP contribution is -2.35. The van der Waals surface area contributed by atoms with Gasteiger partial charge in [0.25, 0.3) is 11.6 Å². The molecule has 0 radical (unpaired) electrons. The number of nitro groups is 1. The summed E-state index contributed by atoms with van der Waals surface area (Å²) in [5, 5.41) is 13.2. The monoisotopic (exact) mass is 461 g/mol. The molecular formula is C21H23N3O7S. The highest BCUT2D eigenvalue weighted by Crippen LogP contribution is 2.22. The Morgan fingerprint density at radius 1 is 1.03 bits per heavy atom. The minimum Gasteiger partial charge on any atom is -0.449 e. The minimum absolute atomic E-state index is 0.0718. The second-order valence-electron chi connectivity index (χ2n) is 7.33. The predicted octanol–water partition coefficient (Wildman–Crippen LogP) is 2.95. The number of rotatable bonds is 7. The van der Waals surface area contributed by atoms with Gasteiger partial charge in [-0.25, -0.2) is 13.2 Å². The van der Waals surface area contributed by atoms with Gasteiger partial charge in [-0.15, -0.1) is 0 Å². The maximum atomic E-state index is 12.7. The molecule has 0 bridgehead atoms. The topological polar surface area (TPSA) is 136 Å². The van der Waals surface area contributed by atoms with Gasteiger partial charge in [-0.05, 0) is 56.2 Å². The Morgan fingerprint density at radius 3 is 2.19 bits per heavy atom. The lowest BCUT2D eigenvalue weighted by Gasteiger charge is -2.25. The molecule has 2 aromatic rings. The number of sulfonamides is 1. The van der Waals surface area contributed by atoms with Gasteiger partial charge in [0.1, 0.15) is 0 Å². The smallest absolute Gasteiger partial charge is 0.338 e. The number of amides is 1. The Balaban J connectivity index is 1.58. The van der Waals surface area contributed by atoms with Crippen molar-refractivity contribution in [3.8, 4) is 0 Å². The molecule has 1 saturated heterocycles. The summed E-state index contributed by atoms with van der Waals surface area (Å²) < 4.78 is 31.9. The molecule has 0 spiro atoms. The molecule has 0 aromatic heterocycles. The second-order valence-corrected chi connectivity index (χ2v) is 9.27. The summed E-state index contributed by atoms with van der Waals surface area (Å²) in [5.41, 5.74) is 0.256. The van der Waals surface area contributed by atoms with Crippen LogP contribution in [0.4, 0.5) is 11.4 Å². The summed E-state index contributed by atoms with van der Waals surface area (Å²) >= 11 is 0. The third-order valence-electron chi connectivity index (χ3n) is 5.04. The Kier molecular flexibility index (Phi) is 7.21. The van der Waals surface area contributed by atoms with Crippen LogP contribution in [-0.4, -0.2) is 48.7 Å². The molecule has 0 saturated carbocycles. The lowest BCUT2D eigenvalue weighted by molar-refractivity contribution is -0.384. The van der Waals surface area contributed by atoms with Gasteiger partial charge in [-0.2, -0.15) is 4.31 Å². The van der Waals surface area contributed by atoms with Gasteiger partial charge in [-0.3, -0.25) is 14.9 Å². The lowest BCUT2D eigenvalue weighted by atomic mass is 10.2. The molecule has 1 unspecified atom stereocenters. The minimum atomic E-state index is -3.57. The summed E-state index contributed by atoms with van der Waals surface area (Å²) in [6.45, 7) is 2.38. The third-order valence-corrected chi connectivity index (χ3v) is 6.95. The molecule has 1 aliphatic rings. The highest BCUT2D eigenvalue weighted by molar-refractivity contribution is 7.89. The van der Waals surface area contributed by atoms with Crippen LogP contribution in [0.3, 0.4) is 0 Å². The molecule has 3 rings (SSSR count). The van der Waals surface area contributed by atoms with E-state index < -0.39 is 32.9 Å². The number of non-ortho nitro benzene ring substituents is 1. The van der Waals surface area contributed by atoms with Gasteiger partial charge < -0.3 is 10.1 Å². The van der Waals surface area contributed by atoms with Crippen LogP contribution in [0.5, 0.6) is 0 Å². The van der Waals surface area contributed by atoms with Crippen molar-refractivity contribution in [2.45, 2.75) is 37.2 Å². The third kappa shape index (κ3) is 5.48. The number of carbonyl (C=O) groups excluding carboxylic acids is 2. The molecule has 1 N–H and O–H groups in total. The van der Waals surface area contributed by atoms with Crippen molar-refractivity contribution in [2.75, 3.05) is 18.4 Å². The Morgan fingerprint density at radius 2 is 1.62 bits per heavy atom. The van der Waals surface area contributed by atoms with Crippen LogP contribution < -0.4 is 5.32 Å². The fourth-order valence-corrected chi connectivity index (χ4v) is 4.73. The van der Waals surface area contributed by atoms with Crippen LogP contribution >= 0.6 is 0 Å². The van der Waals surface area contributed by atoms with Gasteiger partial charge in [0.05, 0.1) is 15.4 Å². The average Bonchev–Trinajstić information content (AvgIpc) is 2.80. The summed E-state index contributed by atoms with van der Waals surface area (Å²) in [5.74, 6) is -1.41. The van der Waals surface area contributed by atoms with Crippen LogP contribution in [-0.2, 0) is 19.6 Å². The van der Waals surface area contributed by atoms with Crippen molar-refractivity contribution in [3.05, 3.63) is 64.2 Å². The number of benzene rings is 2. The van der Waals surface area contributed by atoms with E-state index in [0.29, 0.717) is 18.8 Å². The molecule has 11 heteroatoms. The van der Waals surface area contributed by atoms with Gasteiger partial charge >= 0.3 is 5.97 Å². The number of anilines is 1. The number of nitrogens with zero attached hydrogens (tertiary/aromatic N) is 2. The SMILES string of the molecule is CC(OC(=O)c1ccc([N+](=O)[O-])cc1)C(=O)Nc1ccc(S(=O)(=O)N2CCCCC2)cc1. The molecule has 1 heterocycles. The van der Waals surface area contributed by atoms with E-state index in [0.717, 1.165) is 19.3 Å². The molecule has 170 valence electrons. The van der Waals surface area contributed by atoms with E-state index in [1.807, 2.05) is 0 Å². The van der Waals surface area contributed by atoms with Crippen molar-refractivity contribution in [3.63, 3.8) is 0 Å². The summed E-state index contributed by atoms with van der Waals surface area (Å²) in [7, 11) is -3.57. The zero-order valence-electron chi connectivity index (χ0n) is 17.4. The Bertz CT molecular complexity index is 1090. The van der Waals surface area contributed by atoms with E-state index in [-0.39, 0.29) is 16.1 Å². The zero-order chi connectivity index (χ0) is 23.3. The Labute approximate surface area is 185 Å². The first-order valence-electron chi connectivity index (χ1n) is 10.0. The fraction of sp³-hybridized carbons (Fsp3) is 0.333. The molecule has 1 atom stereocenters. The number of nitro benzene ring substituents is 1. The van der Waals surface area contributed by atoms with Gasteiger partial charge in [-0.1, -0.05) is 6.42 Å². The van der Waals surface area contributed by atoms with E-state index in [2.05, 4.69) is 5.32 Å². The number of carbonyl (C=O) groups is 2. The summed E-state index contributed by atoms with van der Waals surface area (Å²) in [4.78, 5) is 34.7. The molecule has 1 fully saturated rings. The number of esters is 1. The standard InChI is InChI=1S/C21H23N3O7S/c1-15(31-21(26)16-5-9-18(10-6-16)24(27)28)20(25)22-17-7-11-19(12-8-17)32(29,30)23-13-3-2-4-14-23/h5-12,15H,2-4,13-14H2,1H3,(H,22,25). The summed E-state index contributed by atoms with van der Waals surface area (Å²) in [6, 6.07) is 10.6. The van der Waals surface area contributed by atoms with Crippen LogP contribution in [0.25, 0.3) is 0 Å². The maximum absolute atomic E-state index is 12.7. The van der Waals surface area contributed by atoms with Crippen LogP contribution in [0.15, 0.2) is 53.4 Å². The molecule has 1 aliphatic heterocycles. The molecule has 1 amide bonds. The molecule has 32 heavy (non-hydrogen) atoms. The number of ether oxygens (including phenoxy) is 1. The maximum Gasteiger partial charge on any atom is 0.338 e. The largest absolute Gasteiger partial charge is 0.449 e. The van der Waals surface area contributed by atoms with E-state index in [9.17, 15) is 28.1 Å². The first kappa shape index (κ1) is 23.4. The van der Waals surface area contributed by atoms with E-state index in [1.54, 1.807) is 0 Å². The number of nitrogens with one attached hydrogen (secondary N) is 1.